The van der Waals surface area contributed by atoms with E-state index in [0.717, 1.165) is 50.6 Å². The van der Waals surface area contributed by atoms with Crippen molar-refractivity contribution in [3.05, 3.63) is 45.9 Å². The number of hydrogen-bond acceptors (Lipinski definition) is 6. The zero-order chi connectivity index (χ0) is 23.8. The zero-order valence-corrected chi connectivity index (χ0v) is 20.8. The molecule has 0 bridgehead atoms. The Bertz CT molecular complexity index is 1250. The normalized spacial score (nSPS) is 17.5. The van der Waals surface area contributed by atoms with Gasteiger partial charge in [0.25, 0.3) is 5.91 Å². The number of pyridine rings is 1. The van der Waals surface area contributed by atoms with Crippen LogP contribution >= 0.6 is 22.9 Å². The summed E-state index contributed by atoms with van der Waals surface area (Å²) in [5, 5.41) is 3.89. The van der Waals surface area contributed by atoms with E-state index < -0.39 is 6.10 Å². The summed E-state index contributed by atoms with van der Waals surface area (Å²) in [5.41, 5.74) is 3.70. The summed E-state index contributed by atoms with van der Waals surface area (Å²) in [5.74, 6) is 0.860. The number of carbonyl (C=O) groups excluding carboxylic acids is 2. The Morgan fingerprint density at radius 3 is 2.79 bits per heavy atom. The number of benzene rings is 1. The highest BCUT2D eigenvalue weighted by molar-refractivity contribution is 7.19. The molecular weight excluding hydrogens is 472 g/mol. The van der Waals surface area contributed by atoms with Crippen LogP contribution in [0.5, 0.6) is 5.75 Å². The molecule has 1 atom stereocenters. The second-order valence-electron chi connectivity index (χ2n) is 8.90. The Hall–Kier alpha value is -2.68. The van der Waals surface area contributed by atoms with E-state index in [0.29, 0.717) is 37.4 Å². The molecule has 178 valence electrons. The standard InChI is InChI=1S/C25H27ClN4O3S/c1-29(2)22(31)4-3-17-14-20-24(34-17)18(5-6-28-20)19-13-16(26)11-15-12-21(33-23(15)19)25(32)30-9-7-27-8-10-30/h5-6,11,13-14,21,27H,3-4,7-10,12H2,1-2H3. The van der Waals surface area contributed by atoms with Gasteiger partial charge in [-0.3, -0.25) is 14.6 Å². The van der Waals surface area contributed by atoms with E-state index in [1.807, 2.05) is 23.1 Å². The number of carbonyl (C=O) groups is 2. The van der Waals surface area contributed by atoms with E-state index in [4.69, 9.17) is 16.3 Å². The topological polar surface area (TPSA) is 74.8 Å². The SMILES string of the molecule is CN(C)C(=O)CCc1cc2nccc(-c3cc(Cl)cc4c3OC(C(=O)N3CCNCC3)C4)c2s1. The molecular formula is C25H27ClN4O3S. The summed E-state index contributed by atoms with van der Waals surface area (Å²) in [6.45, 7) is 3.00. The minimum atomic E-state index is -0.529. The zero-order valence-electron chi connectivity index (χ0n) is 19.3. The second kappa shape index (κ2) is 9.52. The molecule has 7 nitrogen and oxygen atoms in total. The van der Waals surface area contributed by atoms with Crippen LogP contribution in [0.4, 0.5) is 0 Å². The van der Waals surface area contributed by atoms with Crippen LogP contribution in [0.2, 0.25) is 5.02 Å². The molecule has 2 aliphatic heterocycles. The minimum Gasteiger partial charge on any atom is -0.479 e. The highest BCUT2D eigenvalue weighted by atomic mass is 35.5. The molecule has 1 aromatic carbocycles. The van der Waals surface area contributed by atoms with Crippen LogP contribution in [-0.2, 0) is 22.4 Å². The van der Waals surface area contributed by atoms with Gasteiger partial charge in [0.15, 0.2) is 6.10 Å². The molecule has 0 saturated carbocycles. The van der Waals surface area contributed by atoms with Crippen LogP contribution in [0.15, 0.2) is 30.5 Å². The van der Waals surface area contributed by atoms with E-state index >= 15 is 0 Å². The average molecular weight is 499 g/mol. The molecule has 4 heterocycles. The van der Waals surface area contributed by atoms with Crippen molar-refractivity contribution in [1.29, 1.82) is 0 Å². The van der Waals surface area contributed by atoms with Gasteiger partial charge in [-0.05, 0) is 30.7 Å². The summed E-state index contributed by atoms with van der Waals surface area (Å²) in [6.07, 6.45) is 2.90. The van der Waals surface area contributed by atoms with Gasteiger partial charge in [-0.1, -0.05) is 11.6 Å². The van der Waals surface area contributed by atoms with E-state index in [-0.39, 0.29) is 11.8 Å². The highest BCUT2D eigenvalue weighted by Crippen LogP contribution is 2.44. The predicted octanol–water partition coefficient (Wildman–Crippen LogP) is 3.37. The molecule has 2 aliphatic rings. The largest absolute Gasteiger partial charge is 0.479 e. The van der Waals surface area contributed by atoms with Gasteiger partial charge in [0.2, 0.25) is 5.91 Å². The van der Waals surface area contributed by atoms with Crippen LogP contribution in [-0.4, -0.2) is 73.0 Å². The van der Waals surface area contributed by atoms with E-state index in [2.05, 4.69) is 16.4 Å². The summed E-state index contributed by atoms with van der Waals surface area (Å²) in [6, 6.07) is 7.82. The molecule has 0 aliphatic carbocycles. The van der Waals surface area contributed by atoms with Gasteiger partial charge in [-0.15, -0.1) is 11.3 Å². The third-order valence-electron chi connectivity index (χ3n) is 6.34. The third kappa shape index (κ3) is 4.50. The lowest BCUT2D eigenvalue weighted by Crippen LogP contribution is -2.50. The minimum absolute atomic E-state index is 0.0311. The molecule has 2 amide bonds. The smallest absolute Gasteiger partial charge is 0.264 e. The number of nitrogens with zero attached hydrogens (tertiary/aromatic N) is 3. The number of fused-ring (bicyclic) bond motifs is 2. The molecule has 1 N–H and O–H groups in total. The number of halogens is 1. The second-order valence-corrected chi connectivity index (χ2v) is 10.5. The van der Waals surface area contributed by atoms with Crippen molar-refractivity contribution >= 4 is 45.0 Å². The Morgan fingerprint density at radius 2 is 2.03 bits per heavy atom. The van der Waals surface area contributed by atoms with Gasteiger partial charge in [0.05, 0.1) is 10.2 Å². The third-order valence-corrected chi connectivity index (χ3v) is 7.77. The van der Waals surface area contributed by atoms with Gasteiger partial charge >= 0.3 is 0 Å². The van der Waals surface area contributed by atoms with Crippen molar-refractivity contribution in [2.75, 3.05) is 40.3 Å². The Morgan fingerprint density at radius 1 is 1.24 bits per heavy atom. The van der Waals surface area contributed by atoms with Crippen LogP contribution in [0.1, 0.15) is 16.9 Å². The lowest BCUT2D eigenvalue weighted by molar-refractivity contribution is -0.138. The summed E-state index contributed by atoms with van der Waals surface area (Å²) < 4.78 is 7.31. The highest BCUT2D eigenvalue weighted by Gasteiger charge is 2.35. The fourth-order valence-electron chi connectivity index (χ4n) is 4.53. The fraction of sp³-hybridized carbons (Fsp3) is 0.400. The number of piperazine rings is 1. The molecule has 1 saturated heterocycles. The quantitative estimate of drug-likeness (QED) is 0.583. The molecule has 34 heavy (non-hydrogen) atoms. The molecule has 0 radical (unpaired) electrons. The Labute approximate surface area is 207 Å². The monoisotopic (exact) mass is 498 g/mol. The van der Waals surface area contributed by atoms with Crippen molar-refractivity contribution in [2.24, 2.45) is 0 Å². The molecule has 0 spiro atoms. The molecule has 3 aromatic rings. The van der Waals surface area contributed by atoms with E-state index in [9.17, 15) is 9.59 Å². The van der Waals surface area contributed by atoms with Crippen molar-refractivity contribution in [3.8, 4) is 16.9 Å². The lowest BCUT2D eigenvalue weighted by Gasteiger charge is -2.29. The first kappa shape index (κ1) is 23.1. The van der Waals surface area contributed by atoms with Crippen LogP contribution in [0.3, 0.4) is 0 Å². The van der Waals surface area contributed by atoms with Gasteiger partial charge in [-0.2, -0.15) is 0 Å². The lowest BCUT2D eigenvalue weighted by atomic mass is 10.0. The maximum Gasteiger partial charge on any atom is 0.264 e. The van der Waals surface area contributed by atoms with Gasteiger partial charge in [0, 0.05) is 85.9 Å². The summed E-state index contributed by atoms with van der Waals surface area (Å²) in [4.78, 5) is 34.3. The summed E-state index contributed by atoms with van der Waals surface area (Å²) in [7, 11) is 3.54. The number of thiophene rings is 1. The molecule has 5 rings (SSSR count). The first-order chi connectivity index (χ1) is 16.4. The number of amides is 2. The van der Waals surface area contributed by atoms with Gasteiger partial charge in [-0.25, -0.2) is 0 Å². The fourth-order valence-corrected chi connectivity index (χ4v) is 5.91. The summed E-state index contributed by atoms with van der Waals surface area (Å²) >= 11 is 8.15. The Kier molecular flexibility index (Phi) is 6.46. The first-order valence-electron chi connectivity index (χ1n) is 11.5. The molecule has 2 aromatic heterocycles. The maximum atomic E-state index is 13.1. The Balaban J connectivity index is 1.46. The first-order valence-corrected chi connectivity index (χ1v) is 12.7. The predicted molar refractivity (Wildman–Crippen MR) is 135 cm³/mol. The van der Waals surface area contributed by atoms with Crippen molar-refractivity contribution < 1.29 is 14.3 Å². The van der Waals surface area contributed by atoms with Crippen molar-refractivity contribution in [3.63, 3.8) is 0 Å². The molecule has 1 unspecified atom stereocenters. The number of hydrogen-bond donors (Lipinski definition) is 1. The molecule has 1 fully saturated rings. The van der Waals surface area contributed by atoms with Crippen LogP contribution < -0.4 is 10.1 Å². The number of ether oxygens (including phenoxy) is 1. The number of rotatable bonds is 5. The average Bonchev–Trinajstić information content (AvgIpc) is 3.45. The van der Waals surface area contributed by atoms with Gasteiger partial charge in [0.1, 0.15) is 5.75 Å². The number of nitrogens with one attached hydrogen (secondary N) is 1. The van der Waals surface area contributed by atoms with E-state index in [1.54, 1.807) is 36.5 Å². The van der Waals surface area contributed by atoms with E-state index in [1.165, 1.54) is 0 Å². The van der Waals surface area contributed by atoms with Crippen LogP contribution in [0.25, 0.3) is 21.3 Å². The van der Waals surface area contributed by atoms with Gasteiger partial charge < -0.3 is 19.9 Å². The number of aromatic nitrogens is 1. The molecule has 9 heteroatoms. The van der Waals surface area contributed by atoms with Crippen LogP contribution in [0, 0.1) is 0 Å². The number of aryl methyl sites for hydroxylation is 1. The maximum absolute atomic E-state index is 13.1. The van der Waals surface area contributed by atoms with Crippen molar-refractivity contribution in [1.82, 2.24) is 20.1 Å². The van der Waals surface area contributed by atoms with Crippen molar-refractivity contribution in [2.45, 2.75) is 25.4 Å².